The fourth-order valence-electron chi connectivity index (χ4n) is 3.57. The molecule has 0 radical (unpaired) electrons. The van der Waals surface area contributed by atoms with Crippen LogP contribution in [0.15, 0.2) is 60.9 Å². The first kappa shape index (κ1) is 14.6. The number of rotatable bonds is 2. The van der Waals surface area contributed by atoms with Gasteiger partial charge in [-0.3, -0.25) is 0 Å². The summed E-state index contributed by atoms with van der Waals surface area (Å²) in [4.78, 5) is 11.1. The predicted octanol–water partition coefficient (Wildman–Crippen LogP) is 3.69. The van der Waals surface area contributed by atoms with Gasteiger partial charge in [0.2, 0.25) is 0 Å². The first-order valence-corrected chi connectivity index (χ1v) is 8.24. The number of piperidine rings is 1. The van der Waals surface area contributed by atoms with Gasteiger partial charge in [0.1, 0.15) is 12.1 Å². The van der Waals surface area contributed by atoms with Crippen molar-refractivity contribution in [1.29, 1.82) is 5.26 Å². The Morgan fingerprint density at radius 3 is 2.38 bits per heavy atom. The summed E-state index contributed by atoms with van der Waals surface area (Å²) in [6, 6.07) is 20.8. The Kier molecular flexibility index (Phi) is 3.62. The third kappa shape index (κ3) is 2.39. The van der Waals surface area contributed by atoms with Gasteiger partial charge in [0, 0.05) is 18.5 Å². The maximum Gasteiger partial charge on any atom is 0.139 e. The number of fused-ring (bicyclic) bond motifs is 1. The first-order chi connectivity index (χ1) is 11.8. The standard InChI is InChI=1S/C20H18N4/c21-14-20(16-6-2-1-3-7-16)10-12-24(13-11-20)19-17-8-4-5-9-18(17)22-15-23-19/h1-9,15H,10-13H2. The molecule has 24 heavy (non-hydrogen) atoms. The van der Waals surface area contributed by atoms with Crippen LogP contribution < -0.4 is 4.90 Å². The van der Waals surface area contributed by atoms with Gasteiger partial charge in [-0.15, -0.1) is 0 Å². The Balaban J connectivity index is 1.63. The molecule has 0 aliphatic carbocycles. The lowest BCUT2D eigenvalue weighted by atomic mass is 9.74. The van der Waals surface area contributed by atoms with Crippen molar-refractivity contribution in [3.05, 3.63) is 66.5 Å². The van der Waals surface area contributed by atoms with Gasteiger partial charge >= 0.3 is 0 Å². The maximum absolute atomic E-state index is 9.83. The molecule has 1 saturated heterocycles. The van der Waals surface area contributed by atoms with E-state index < -0.39 is 0 Å². The Hall–Kier alpha value is -2.93. The molecule has 0 amide bonds. The number of hydrogen-bond donors (Lipinski definition) is 0. The van der Waals surface area contributed by atoms with Gasteiger partial charge in [0.15, 0.2) is 0 Å². The molecule has 3 aromatic rings. The maximum atomic E-state index is 9.83. The Morgan fingerprint density at radius 1 is 0.917 bits per heavy atom. The van der Waals surface area contributed by atoms with Crippen molar-refractivity contribution in [1.82, 2.24) is 9.97 Å². The van der Waals surface area contributed by atoms with Crippen molar-refractivity contribution in [2.24, 2.45) is 0 Å². The number of benzene rings is 2. The van der Waals surface area contributed by atoms with Crippen LogP contribution in [0.4, 0.5) is 5.82 Å². The zero-order chi connectivity index (χ0) is 16.4. The highest BCUT2D eigenvalue weighted by Crippen LogP contribution is 2.37. The molecule has 1 aliphatic rings. The van der Waals surface area contributed by atoms with E-state index in [1.54, 1.807) is 6.33 Å². The average molecular weight is 314 g/mol. The zero-order valence-corrected chi connectivity index (χ0v) is 13.4. The molecule has 0 N–H and O–H groups in total. The number of nitriles is 1. The van der Waals surface area contributed by atoms with Crippen molar-refractivity contribution in [3.63, 3.8) is 0 Å². The van der Waals surface area contributed by atoms with Gasteiger partial charge in [-0.25, -0.2) is 9.97 Å². The van der Waals surface area contributed by atoms with Crippen molar-refractivity contribution in [2.45, 2.75) is 18.3 Å². The molecule has 4 heteroatoms. The summed E-state index contributed by atoms with van der Waals surface area (Å²) in [5, 5.41) is 10.9. The molecule has 4 nitrogen and oxygen atoms in total. The summed E-state index contributed by atoms with van der Waals surface area (Å²) in [6.07, 6.45) is 3.25. The molecule has 0 unspecified atom stereocenters. The summed E-state index contributed by atoms with van der Waals surface area (Å²) in [5.74, 6) is 0.972. The quantitative estimate of drug-likeness (QED) is 0.724. The second-order valence-corrected chi connectivity index (χ2v) is 6.26. The van der Waals surface area contributed by atoms with E-state index >= 15 is 0 Å². The molecule has 2 heterocycles. The van der Waals surface area contributed by atoms with Gasteiger partial charge in [0.05, 0.1) is 17.0 Å². The highest BCUT2D eigenvalue weighted by molar-refractivity contribution is 5.89. The van der Waals surface area contributed by atoms with Gasteiger partial charge in [0.25, 0.3) is 0 Å². The van der Waals surface area contributed by atoms with Gasteiger partial charge in [-0.1, -0.05) is 42.5 Å². The van der Waals surface area contributed by atoms with Crippen LogP contribution in [0, 0.1) is 11.3 Å². The topological polar surface area (TPSA) is 52.8 Å². The average Bonchev–Trinajstić information content (AvgIpc) is 2.68. The lowest BCUT2D eigenvalue weighted by molar-refractivity contribution is 0.414. The van der Waals surface area contributed by atoms with Crippen LogP contribution in [0.25, 0.3) is 10.9 Å². The van der Waals surface area contributed by atoms with E-state index in [0.717, 1.165) is 48.2 Å². The van der Waals surface area contributed by atoms with Crippen LogP contribution in [-0.4, -0.2) is 23.1 Å². The molecule has 0 bridgehead atoms. The third-order valence-corrected chi connectivity index (χ3v) is 4.98. The smallest absolute Gasteiger partial charge is 0.139 e. The molecule has 1 aromatic heterocycles. The number of para-hydroxylation sites is 1. The molecule has 0 saturated carbocycles. The van der Waals surface area contributed by atoms with E-state index in [9.17, 15) is 5.26 Å². The molecule has 4 rings (SSSR count). The number of nitrogens with zero attached hydrogens (tertiary/aromatic N) is 4. The first-order valence-electron chi connectivity index (χ1n) is 8.24. The summed E-state index contributed by atoms with van der Waals surface area (Å²) in [7, 11) is 0. The molecular formula is C20H18N4. The second kappa shape index (κ2) is 5.93. The zero-order valence-electron chi connectivity index (χ0n) is 13.4. The number of hydrogen-bond acceptors (Lipinski definition) is 4. The summed E-state index contributed by atoms with van der Waals surface area (Å²) in [5.41, 5.74) is 1.70. The van der Waals surface area contributed by atoms with Crippen LogP contribution in [0.3, 0.4) is 0 Å². The van der Waals surface area contributed by atoms with Crippen molar-refractivity contribution in [3.8, 4) is 6.07 Å². The van der Waals surface area contributed by atoms with Gasteiger partial charge < -0.3 is 4.90 Å². The fourth-order valence-corrected chi connectivity index (χ4v) is 3.57. The van der Waals surface area contributed by atoms with Gasteiger partial charge in [-0.2, -0.15) is 5.26 Å². The van der Waals surface area contributed by atoms with Gasteiger partial charge in [-0.05, 0) is 30.5 Å². The van der Waals surface area contributed by atoms with Crippen LogP contribution >= 0.6 is 0 Å². The SMILES string of the molecule is N#CC1(c2ccccc2)CCN(c2ncnc3ccccc23)CC1. The number of aromatic nitrogens is 2. The Bertz CT molecular complexity index is 885. The number of anilines is 1. The minimum atomic E-state index is -0.388. The largest absolute Gasteiger partial charge is 0.356 e. The fraction of sp³-hybridized carbons (Fsp3) is 0.250. The van der Waals surface area contributed by atoms with Crippen LogP contribution in [0.5, 0.6) is 0 Å². The van der Waals surface area contributed by atoms with Crippen molar-refractivity contribution in [2.75, 3.05) is 18.0 Å². The Morgan fingerprint density at radius 2 is 1.62 bits per heavy atom. The highest BCUT2D eigenvalue weighted by atomic mass is 15.2. The molecule has 2 aromatic carbocycles. The van der Waals surface area contributed by atoms with E-state index in [0.29, 0.717) is 0 Å². The minimum Gasteiger partial charge on any atom is -0.356 e. The van der Waals surface area contributed by atoms with Crippen LogP contribution in [0.2, 0.25) is 0 Å². The van der Waals surface area contributed by atoms with E-state index in [1.807, 2.05) is 36.4 Å². The normalized spacial score (nSPS) is 16.7. The molecule has 1 aliphatic heterocycles. The lowest BCUT2D eigenvalue weighted by Gasteiger charge is -2.38. The predicted molar refractivity (Wildman–Crippen MR) is 94.7 cm³/mol. The van der Waals surface area contributed by atoms with Crippen LogP contribution in [0.1, 0.15) is 18.4 Å². The molecular weight excluding hydrogens is 296 g/mol. The van der Waals surface area contributed by atoms with E-state index in [1.165, 1.54) is 0 Å². The van der Waals surface area contributed by atoms with Crippen molar-refractivity contribution >= 4 is 16.7 Å². The third-order valence-electron chi connectivity index (χ3n) is 4.98. The summed E-state index contributed by atoms with van der Waals surface area (Å²) < 4.78 is 0. The molecule has 0 spiro atoms. The molecule has 1 fully saturated rings. The van der Waals surface area contributed by atoms with E-state index in [4.69, 9.17) is 0 Å². The second-order valence-electron chi connectivity index (χ2n) is 6.26. The highest BCUT2D eigenvalue weighted by Gasteiger charge is 2.37. The monoisotopic (exact) mass is 314 g/mol. The van der Waals surface area contributed by atoms with E-state index in [2.05, 4.69) is 39.1 Å². The van der Waals surface area contributed by atoms with E-state index in [-0.39, 0.29) is 5.41 Å². The summed E-state index contributed by atoms with van der Waals surface area (Å²) >= 11 is 0. The van der Waals surface area contributed by atoms with Crippen molar-refractivity contribution < 1.29 is 0 Å². The summed E-state index contributed by atoms with van der Waals surface area (Å²) in [6.45, 7) is 1.65. The molecule has 118 valence electrons. The molecule has 0 atom stereocenters. The lowest BCUT2D eigenvalue weighted by Crippen LogP contribution is -2.42. The Labute approximate surface area is 141 Å². The van der Waals surface area contributed by atoms with Crippen LogP contribution in [-0.2, 0) is 5.41 Å². The minimum absolute atomic E-state index is 0.388.